The molecule has 0 bridgehead atoms. The summed E-state index contributed by atoms with van der Waals surface area (Å²) in [5.74, 6) is 1.68. The summed E-state index contributed by atoms with van der Waals surface area (Å²) in [7, 11) is 3.79. The highest BCUT2D eigenvalue weighted by atomic mass is 127. The van der Waals surface area contributed by atoms with Crippen molar-refractivity contribution in [2.45, 2.75) is 0 Å². The van der Waals surface area contributed by atoms with Gasteiger partial charge in [-0.3, -0.25) is 4.57 Å². The van der Waals surface area contributed by atoms with Gasteiger partial charge in [0.2, 0.25) is 5.95 Å². The van der Waals surface area contributed by atoms with Crippen LogP contribution in [0.5, 0.6) is 0 Å². The summed E-state index contributed by atoms with van der Waals surface area (Å²) >= 11 is 4.01. The Morgan fingerprint density at radius 2 is 2.29 bits per heavy atom. The summed E-state index contributed by atoms with van der Waals surface area (Å²) in [5.41, 5.74) is 1.12. The number of nitrogens with zero attached hydrogens (tertiary/aromatic N) is 3. The molecule has 0 aliphatic rings. The Hall–Kier alpha value is -0.630. The van der Waals surface area contributed by atoms with Crippen LogP contribution in [0, 0.1) is 2.88 Å². The summed E-state index contributed by atoms with van der Waals surface area (Å²) in [6, 6.07) is 2.11. The van der Waals surface area contributed by atoms with Crippen LogP contribution in [0.1, 0.15) is 0 Å². The Morgan fingerprint density at radius 3 is 2.79 bits per heavy atom. The van der Waals surface area contributed by atoms with Gasteiger partial charge in [0.25, 0.3) is 0 Å². The molecule has 4 nitrogen and oxygen atoms in total. The molecule has 6 heteroatoms. The second kappa shape index (κ2) is 3.85. The lowest BCUT2D eigenvalue weighted by atomic mass is 10.3. The van der Waals surface area contributed by atoms with Crippen molar-refractivity contribution in [3.05, 3.63) is 14.3 Å². The van der Waals surface area contributed by atoms with Gasteiger partial charge in [-0.1, -0.05) is 0 Å². The Balaban J connectivity index is 2.46. The van der Waals surface area contributed by atoms with Crippen LogP contribution in [0.4, 0.5) is 5.95 Å². The lowest BCUT2D eigenvalue weighted by Gasteiger charge is -2.00. The van der Waals surface area contributed by atoms with Gasteiger partial charge in [-0.25, -0.2) is 0 Å². The minimum absolute atomic E-state index is 0.779. The lowest BCUT2D eigenvalue weighted by Crippen LogP contribution is -1.99. The van der Waals surface area contributed by atoms with Gasteiger partial charge in [-0.15, -0.1) is 21.5 Å². The second-order valence-corrected chi connectivity index (χ2v) is 5.60. The van der Waals surface area contributed by atoms with Crippen molar-refractivity contribution in [1.29, 1.82) is 0 Å². The number of halogens is 1. The van der Waals surface area contributed by atoms with E-state index in [2.05, 4.69) is 49.6 Å². The molecular formula is C8H9IN4S. The molecule has 0 aliphatic carbocycles. The fourth-order valence-electron chi connectivity index (χ4n) is 1.23. The maximum absolute atomic E-state index is 4.12. The molecule has 0 fully saturated rings. The van der Waals surface area contributed by atoms with Crippen LogP contribution in [0.3, 0.4) is 0 Å². The Bertz CT molecular complexity index is 448. The van der Waals surface area contributed by atoms with E-state index >= 15 is 0 Å². The first-order chi connectivity index (χ1) is 6.72. The largest absolute Gasteiger partial charge is 0.357 e. The molecule has 0 radical (unpaired) electrons. The third kappa shape index (κ3) is 1.63. The number of thiophene rings is 1. The topological polar surface area (TPSA) is 42.7 Å². The van der Waals surface area contributed by atoms with Crippen LogP contribution in [0.25, 0.3) is 11.4 Å². The molecule has 2 aromatic heterocycles. The maximum atomic E-state index is 4.12. The highest BCUT2D eigenvalue weighted by Crippen LogP contribution is 2.25. The highest BCUT2D eigenvalue weighted by Gasteiger charge is 2.10. The predicted molar refractivity (Wildman–Crippen MR) is 66.6 cm³/mol. The SMILES string of the molecule is CNc1nnc(-c2csc(I)c2)n1C. The minimum atomic E-state index is 0.779. The summed E-state index contributed by atoms with van der Waals surface area (Å²) < 4.78 is 3.20. The average Bonchev–Trinajstić information content (AvgIpc) is 2.72. The van der Waals surface area contributed by atoms with Crippen molar-refractivity contribution < 1.29 is 0 Å². The summed E-state index contributed by atoms with van der Waals surface area (Å²) in [5, 5.41) is 13.2. The van der Waals surface area contributed by atoms with Gasteiger partial charge in [0.1, 0.15) is 0 Å². The summed E-state index contributed by atoms with van der Waals surface area (Å²) in [6.07, 6.45) is 0. The number of hydrogen-bond acceptors (Lipinski definition) is 4. The third-order valence-electron chi connectivity index (χ3n) is 1.92. The lowest BCUT2D eigenvalue weighted by molar-refractivity contribution is 0.926. The Kier molecular flexibility index (Phi) is 2.73. The molecule has 14 heavy (non-hydrogen) atoms. The van der Waals surface area contributed by atoms with E-state index in [-0.39, 0.29) is 0 Å². The van der Waals surface area contributed by atoms with Gasteiger partial charge in [0.05, 0.1) is 2.88 Å². The van der Waals surface area contributed by atoms with E-state index in [0.29, 0.717) is 0 Å². The van der Waals surface area contributed by atoms with E-state index in [4.69, 9.17) is 0 Å². The molecule has 2 aromatic rings. The van der Waals surface area contributed by atoms with Crippen molar-refractivity contribution in [2.75, 3.05) is 12.4 Å². The summed E-state index contributed by atoms with van der Waals surface area (Å²) in [6.45, 7) is 0. The fraction of sp³-hybridized carbons (Fsp3) is 0.250. The van der Waals surface area contributed by atoms with Crippen LogP contribution in [-0.2, 0) is 7.05 Å². The van der Waals surface area contributed by atoms with Crippen LogP contribution < -0.4 is 5.32 Å². The molecule has 0 saturated carbocycles. The first-order valence-electron chi connectivity index (χ1n) is 4.04. The van der Waals surface area contributed by atoms with E-state index in [1.165, 1.54) is 2.88 Å². The first-order valence-corrected chi connectivity index (χ1v) is 5.99. The molecule has 0 amide bonds. The zero-order valence-corrected chi connectivity index (χ0v) is 10.8. The smallest absolute Gasteiger partial charge is 0.224 e. The molecule has 0 atom stereocenters. The first kappa shape index (κ1) is 9.91. The molecule has 0 spiro atoms. The van der Waals surface area contributed by atoms with E-state index in [0.717, 1.165) is 17.3 Å². The van der Waals surface area contributed by atoms with Crippen LogP contribution in [-0.4, -0.2) is 21.8 Å². The van der Waals surface area contributed by atoms with Gasteiger partial charge in [0, 0.05) is 25.0 Å². The molecule has 0 saturated heterocycles. The Morgan fingerprint density at radius 1 is 1.50 bits per heavy atom. The van der Waals surface area contributed by atoms with Gasteiger partial charge in [-0.05, 0) is 28.7 Å². The molecule has 0 aromatic carbocycles. The van der Waals surface area contributed by atoms with E-state index < -0.39 is 0 Å². The third-order valence-corrected chi connectivity index (χ3v) is 3.71. The highest BCUT2D eigenvalue weighted by molar-refractivity contribution is 14.1. The Labute approximate surface area is 99.5 Å². The number of anilines is 1. The normalized spacial score (nSPS) is 10.5. The molecule has 2 heterocycles. The van der Waals surface area contributed by atoms with E-state index in [1.54, 1.807) is 11.3 Å². The molecule has 1 N–H and O–H groups in total. The van der Waals surface area contributed by atoms with Crippen molar-refractivity contribution >= 4 is 39.9 Å². The standard InChI is InChI=1S/C8H9IN4S/c1-10-8-12-11-7(13(8)2)5-3-6(9)14-4-5/h3-4H,1-2H3,(H,10,12). The number of rotatable bonds is 2. The van der Waals surface area contributed by atoms with Crippen molar-refractivity contribution in [3.8, 4) is 11.4 Å². The van der Waals surface area contributed by atoms with Gasteiger partial charge >= 0.3 is 0 Å². The van der Waals surface area contributed by atoms with Gasteiger partial charge in [-0.2, -0.15) is 0 Å². The average molecular weight is 320 g/mol. The molecule has 0 aliphatic heterocycles. The number of hydrogen-bond donors (Lipinski definition) is 1. The van der Waals surface area contributed by atoms with Gasteiger partial charge < -0.3 is 5.32 Å². The van der Waals surface area contributed by atoms with E-state index in [9.17, 15) is 0 Å². The number of aromatic nitrogens is 3. The predicted octanol–water partition coefficient (Wildman–Crippen LogP) is 2.19. The van der Waals surface area contributed by atoms with E-state index in [1.807, 2.05) is 18.7 Å². The molecule has 2 rings (SSSR count). The monoisotopic (exact) mass is 320 g/mol. The van der Waals surface area contributed by atoms with Crippen molar-refractivity contribution in [1.82, 2.24) is 14.8 Å². The molecular weight excluding hydrogens is 311 g/mol. The van der Waals surface area contributed by atoms with Crippen LogP contribution in [0.2, 0.25) is 0 Å². The van der Waals surface area contributed by atoms with Gasteiger partial charge in [0.15, 0.2) is 5.82 Å². The quantitative estimate of drug-likeness (QED) is 0.863. The van der Waals surface area contributed by atoms with Crippen molar-refractivity contribution in [3.63, 3.8) is 0 Å². The molecule has 0 unspecified atom stereocenters. The molecule has 74 valence electrons. The van der Waals surface area contributed by atoms with Crippen molar-refractivity contribution in [2.24, 2.45) is 7.05 Å². The zero-order chi connectivity index (χ0) is 10.1. The number of nitrogens with one attached hydrogen (secondary N) is 1. The minimum Gasteiger partial charge on any atom is -0.357 e. The zero-order valence-electron chi connectivity index (χ0n) is 7.78. The van der Waals surface area contributed by atoms with Crippen LogP contribution >= 0.6 is 33.9 Å². The fourth-order valence-corrected chi connectivity index (χ4v) is 2.55. The maximum Gasteiger partial charge on any atom is 0.224 e. The second-order valence-electron chi connectivity index (χ2n) is 2.80. The summed E-state index contributed by atoms with van der Waals surface area (Å²) in [4.78, 5) is 0. The van der Waals surface area contributed by atoms with Crippen LogP contribution in [0.15, 0.2) is 11.4 Å².